The SMILES string of the molecule is COC(=O)Cn1nnnc1SCC(N)=O. The Morgan fingerprint density at radius 1 is 1.60 bits per heavy atom. The summed E-state index contributed by atoms with van der Waals surface area (Å²) in [7, 11) is 1.27. The highest BCUT2D eigenvalue weighted by atomic mass is 32.2. The van der Waals surface area contributed by atoms with Crippen molar-refractivity contribution in [2.24, 2.45) is 5.73 Å². The van der Waals surface area contributed by atoms with Gasteiger partial charge in [-0.3, -0.25) is 9.59 Å². The van der Waals surface area contributed by atoms with E-state index < -0.39 is 11.9 Å². The molecular weight excluding hydrogens is 222 g/mol. The van der Waals surface area contributed by atoms with Gasteiger partial charge in [0.25, 0.3) is 0 Å². The summed E-state index contributed by atoms with van der Waals surface area (Å²) in [5.41, 5.74) is 4.96. The van der Waals surface area contributed by atoms with Gasteiger partial charge in [0.15, 0.2) is 0 Å². The molecular formula is C6H9N5O3S. The molecule has 15 heavy (non-hydrogen) atoms. The summed E-state index contributed by atoms with van der Waals surface area (Å²) in [5, 5.41) is 10.9. The second kappa shape index (κ2) is 5.29. The lowest BCUT2D eigenvalue weighted by Gasteiger charge is -2.01. The van der Waals surface area contributed by atoms with Crippen LogP contribution in [0.5, 0.6) is 0 Å². The Kier molecular flexibility index (Phi) is 4.03. The molecule has 0 saturated heterocycles. The Morgan fingerprint density at radius 3 is 2.93 bits per heavy atom. The van der Waals surface area contributed by atoms with Crippen molar-refractivity contribution in [1.29, 1.82) is 0 Å². The van der Waals surface area contributed by atoms with Crippen LogP contribution in [0.25, 0.3) is 0 Å². The van der Waals surface area contributed by atoms with Gasteiger partial charge in [0.05, 0.1) is 12.9 Å². The van der Waals surface area contributed by atoms with Crippen molar-refractivity contribution in [3.05, 3.63) is 0 Å². The second-order valence-corrected chi connectivity index (χ2v) is 3.39. The number of hydrogen-bond donors (Lipinski definition) is 1. The molecule has 1 aromatic rings. The van der Waals surface area contributed by atoms with Crippen LogP contribution in [-0.4, -0.2) is 44.9 Å². The molecule has 1 aromatic heterocycles. The van der Waals surface area contributed by atoms with Gasteiger partial charge in [-0.2, -0.15) is 0 Å². The fourth-order valence-corrected chi connectivity index (χ4v) is 1.34. The van der Waals surface area contributed by atoms with Crippen molar-refractivity contribution < 1.29 is 14.3 Å². The number of methoxy groups -OCH3 is 1. The van der Waals surface area contributed by atoms with E-state index in [0.29, 0.717) is 5.16 Å². The Hall–Kier alpha value is -1.64. The second-order valence-electron chi connectivity index (χ2n) is 2.45. The molecule has 1 amide bonds. The maximum Gasteiger partial charge on any atom is 0.327 e. The predicted octanol–water partition coefficient (Wildman–Crippen LogP) is -1.58. The Labute approximate surface area is 89.1 Å². The third-order valence-electron chi connectivity index (χ3n) is 1.35. The maximum absolute atomic E-state index is 10.9. The molecule has 0 aliphatic carbocycles. The lowest BCUT2D eigenvalue weighted by molar-refractivity contribution is -0.141. The summed E-state index contributed by atoms with van der Waals surface area (Å²) in [4.78, 5) is 21.4. The van der Waals surface area contributed by atoms with E-state index in [2.05, 4.69) is 20.3 Å². The number of thioether (sulfide) groups is 1. The number of ether oxygens (including phenoxy) is 1. The first-order chi connectivity index (χ1) is 7.13. The van der Waals surface area contributed by atoms with E-state index in [1.807, 2.05) is 0 Å². The first-order valence-electron chi connectivity index (χ1n) is 3.87. The number of nitrogens with two attached hydrogens (primary N) is 1. The summed E-state index contributed by atoms with van der Waals surface area (Å²) in [5.74, 6) is -0.891. The number of carbonyl (C=O) groups is 2. The minimum absolute atomic E-state index is 0.0571. The van der Waals surface area contributed by atoms with E-state index in [1.165, 1.54) is 11.8 Å². The highest BCUT2D eigenvalue weighted by molar-refractivity contribution is 7.99. The predicted molar refractivity (Wildman–Crippen MR) is 49.8 cm³/mol. The lowest BCUT2D eigenvalue weighted by Crippen LogP contribution is -2.16. The molecule has 9 heteroatoms. The molecule has 8 nitrogen and oxygen atoms in total. The van der Waals surface area contributed by atoms with Crippen molar-refractivity contribution in [1.82, 2.24) is 20.2 Å². The van der Waals surface area contributed by atoms with Gasteiger partial charge in [0.1, 0.15) is 6.54 Å². The molecule has 0 bridgehead atoms. The first-order valence-corrected chi connectivity index (χ1v) is 4.86. The first kappa shape index (κ1) is 11.4. The molecule has 1 rings (SSSR count). The van der Waals surface area contributed by atoms with Crippen LogP contribution in [0.3, 0.4) is 0 Å². The number of aromatic nitrogens is 4. The number of nitrogens with zero attached hydrogens (tertiary/aromatic N) is 4. The monoisotopic (exact) mass is 231 g/mol. The Morgan fingerprint density at radius 2 is 2.33 bits per heavy atom. The molecule has 82 valence electrons. The number of amides is 1. The van der Waals surface area contributed by atoms with E-state index in [0.717, 1.165) is 11.8 Å². The van der Waals surface area contributed by atoms with Gasteiger partial charge in [0, 0.05) is 0 Å². The van der Waals surface area contributed by atoms with E-state index in [4.69, 9.17) is 5.73 Å². The topological polar surface area (TPSA) is 113 Å². The van der Waals surface area contributed by atoms with Gasteiger partial charge in [-0.1, -0.05) is 11.8 Å². The summed E-state index contributed by atoms with van der Waals surface area (Å²) in [6, 6.07) is 0. The number of primary amides is 1. The van der Waals surface area contributed by atoms with Crippen LogP contribution >= 0.6 is 11.8 Å². The molecule has 0 aliphatic rings. The van der Waals surface area contributed by atoms with Crippen LogP contribution in [0.1, 0.15) is 0 Å². The van der Waals surface area contributed by atoms with E-state index in [9.17, 15) is 9.59 Å². The molecule has 0 aliphatic heterocycles. The zero-order valence-electron chi connectivity index (χ0n) is 7.91. The molecule has 0 atom stereocenters. The van der Waals surface area contributed by atoms with Crippen molar-refractivity contribution in [2.45, 2.75) is 11.7 Å². The molecule has 0 unspecified atom stereocenters. The summed E-state index contributed by atoms with van der Waals surface area (Å²) >= 11 is 1.06. The van der Waals surface area contributed by atoms with Gasteiger partial charge in [-0.05, 0) is 10.4 Å². The summed E-state index contributed by atoms with van der Waals surface area (Å²) < 4.78 is 5.68. The van der Waals surface area contributed by atoms with Crippen LogP contribution in [0.4, 0.5) is 0 Å². The van der Waals surface area contributed by atoms with Crippen LogP contribution in [0.2, 0.25) is 0 Å². The standard InChI is InChI=1S/C6H9N5O3S/c1-14-5(13)2-11-6(8-9-10-11)15-3-4(7)12/h2-3H2,1H3,(H2,7,12). The Balaban J connectivity index is 2.60. The largest absolute Gasteiger partial charge is 0.468 e. The molecule has 0 radical (unpaired) electrons. The molecule has 0 aromatic carbocycles. The highest BCUT2D eigenvalue weighted by Gasteiger charge is 2.11. The lowest BCUT2D eigenvalue weighted by atomic mass is 10.7. The maximum atomic E-state index is 10.9. The Bertz CT molecular complexity index is 365. The van der Waals surface area contributed by atoms with Crippen molar-refractivity contribution in [2.75, 3.05) is 12.9 Å². The molecule has 0 spiro atoms. The van der Waals surface area contributed by atoms with Gasteiger partial charge < -0.3 is 10.5 Å². The number of esters is 1. The fraction of sp³-hybridized carbons (Fsp3) is 0.500. The van der Waals surface area contributed by atoms with E-state index in [1.54, 1.807) is 0 Å². The van der Waals surface area contributed by atoms with E-state index in [-0.39, 0.29) is 12.3 Å². The highest BCUT2D eigenvalue weighted by Crippen LogP contribution is 2.12. The minimum Gasteiger partial charge on any atom is -0.468 e. The zero-order chi connectivity index (χ0) is 11.3. The molecule has 0 fully saturated rings. The molecule has 2 N–H and O–H groups in total. The zero-order valence-corrected chi connectivity index (χ0v) is 8.73. The average molecular weight is 231 g/mol. The minimum atomic E-state index is -0.479. The van der Waals surface area contributed by atoms with Crippen LogP contribution < -0.4 is 5.73 Å². The van der Waals surface area contributed by atoms with Gasteiger partial charge >= 0.3 is 5.97 Å². The molecule has 0 saturated carbocycles. The summed E-state index contributed by atoms with van der Waals surface area (Å²) in [6.45, 7) is -0.0927. The number of tetrazole rings is 1. The van der Waals surface area contributed by atoms with Crippen LogP contribution in [-0.2, 0) is 20.9 Å². The molecule has 1 heterocycles. The van der Waals surface area contributed by atoms with Gasteiger partial charge in [-0.15, -0.1) is 5.10 Å². The van der Waals surface area contributed by atoms with Gasteiger partial charge in [0.2, 0.25) is 11.1 Å². The fourth-order valence-electron chi connectivity index (χ4n) is 0.722. The van der Waals surface area contributed by atoms with Crippen LogP contribution in [0.15, 0.2) is 5.16 Å². The van der Waals surface area contributed by atoms with E-state index >= 15 is 0 Å². The van der Waals surface area contributed by atoms with Gasteiger partial charge in [-0.25, -0.2) is 4.68 Å². The van der Waals surface area contributed by atoms with Crippen molar-refractivity contribution in [3.8, 4) is 0 Å². The van der Waals surface area contributed by atoms with Crippen molar-refractivity contribution in [3.63, 3.8) is 0 Å². The third-order valence-corrected chi connectivity index (χ3v) is 2.33. The third kappa shape index (κ3) is 3.54. The van der Waals surface area contributed by atoms with Crippen molar-refractivity contribution >= 4 is 23.6 Å². The summed E-state index contributed by atoms with van der Waals surface area (Å²) in [6.07, 6.45) is 0. The number of carbonyl (C=O) groups excluding carboxylic acids is 2. The number of hydrogen-bond acceptors (Lipinski definition) is 7. The average Bonchev–Trinajstić information content (AvgIpc) is 2.62. The van der Waals surface area contributed by atoms with Crippen LogP contribution in [0, 0.1) is 0 Å². The smallest absolute Gasteiger partial charge is 0.327 e. The number of rotatable bonds is 5. The quantitative estimate of drug-likeness (QED) is 0.480. The normalized spacial score (nSPS) is 9.93.